The topological polar surface area (TPSA) is 75.1 Å². The first-order chi connectivity index (χ1) is 14.1. The van der Waals surface area contributed by atoms with Gasteiger partial charge >= 0.3 is 0 Å². The van der Waals surface area contributed by atoms with Crippen LogP contribution in [-0.4, -0.2) is 50.6 Å². The van der Waals surface area contributed by atoms with Crippen LogP contribution in [0.2, 0.25) is 0 Å². The molecular formula is C23H34IN3O3. The minimum Gasteiger partial charge on any atom is -0.491 e. The second-order valence-electron chi connectivity index (χ2n) is 6.87. The van der Waals surface area contributed by atoms with E-state index < -0.39 is 6.10 Å². The molecule has 2 aromatic carbocycles. The van der Waals surface area contributed by atoms with Crippen LogP contribution in [0.4, 0.5) is 0 Å². The molecule has 30 heavy (non-hydrogen) atoms. The van der Waals surface area contributed by atoms with Crippen LogP contribution in [0.3, 0.4) is 0 Å². The van der Waals surface area contributed by atoms with Crippen molar-refractivity contribution < 1.29 is 14.6 Å². The molecule has 1 atom stereocenters. The number of hydrogen-bond donors (Lipinski definition) is 3. The monoisotopic (exact) mass is 527 g/mol. The van der Waals surface area contributed by atoms with Gasteiger partial charge in [-0.1, -0.05) is 42.5 Å². The molecule has 0 heterocycles. The molecule has 0 aromatic heterocycles. The van der Waals surface area contributed by atoms with Gasteiger partial charge in [0.2, 0.25) is 0 Å². The van der Waals surface area contributed by atoms with Crippen molar-refractivity contribution in [1.82, 2.24) is 10.6 Å². The van der Waals surface area contributed by atoms with Crippen molar-refractivity contribution in [3.63, 3.8) is 0 Å². The number of benzene rings is 2. The number of guanidine groups is 1. The van der Waals surface area contributed by atoms with E-state index in [4.69, 9.17) is 9.47 Å². The summed E-state index contributed by atoms with van der Waals surface area (Å²) >= 11 is 0. The zero-order chi connectivity index (χ0) is 20.9. The number of aliphatic imine (C=N–C) groups is 1. The van der Waals surface area contributed by atoms with Gasteiger partial charge in [0.1, 0.15) is 12.4 Å². The largest absolute Gasteiger partial charge is 0.491 e. The molecule has 1 unspecified atom stereocenters. The normalized spacial score (nSPS) is 12.1. The molecule has 0 aliphatic rings. The summed E-state index contributed by atoms with van der Waals surface area (Å²) < 4.78 is 10.9. The van der Waals surface area contributed by atoms with Gasteiger partial charge in [0.25, 0.3) is 0 Å². The molecule has 2 aromatic rings. The van der Waals surface area contributed by atoms with E-state index in [1.165, 1.54) is 0 Å². The van der Waals surface area contributed by atoms with Crippen molar-refractivity contribution in [2.45, 2.75) is 32.9 Å². The van der Waals surface area contributed by atoms with E-state index in [2.05, 4.69) is 21.7 Å². The number of halogens is 1. The molecule has 0 aliphatic heterocycles. The summed E-state index contributed by atoms with van der Waals surface area (Å²) in [6.07, 6.45) is 0.108. The van der Waals surface area contributed by atoms with E-state index in [1.54, 1.807) is 7.11 Å². The first-order valence-electron chi connectivity index (χ1n) is 10.1. The molecule has 3 N–H and O–H groups in total. The standard InChI is InChI=1S/C23H33N3O3.HI/c1-4-24-23(26-17-21(27)15-19-8-6-5-7-9-19)25-16-20-11-10-18(2)14-22(20)29-13-12-28-3;/h5-11,14,21,27H,4,12-13,15-17H2,1-3H3,(H2,24,25,26);1H. The summed E-state index contributed by atoms with van der Waals surface area (Å²) in [4.78, 5) is 4.65. The summed E-state index contributed by atoms with van der Waals surface area (Å²) in [5, 5.41) is 16.8. The highest BCUT2D eigenvalue weighted by molar-refractivity contribution is 14.0. The molecule has 6 nitrogen and oxygen atoms in total. The summed E-state index contributed by atoms with van der Waals surface area (Å²) in [5.74, 6) is 1.49. The van der Waals surface area contributed by atoms with Gasteiger partial charge in [-0.25, -0.2) is 4.99 Å². The van der Waals surface area contributed by atoms with Gasteiger partial charge in [-0.15, -0.1) is 24.0 Å². The smallest absolute Gasteiger partial charge is 0.191 e. The second kappa shape index (κ2) is 15.0. The Bertz CT molecular complexity index is 757. The Balaban J connectivity index is 0.00000450. The number of nitrogens with zero attached hydrogens (tertiary/aromatic N) is 1. The lowest BCUT2D eigenvalue weighted by molar-refractivity contribution is 0.145. The number of nitrogens with one attached hydrogen (secondary N) is 2. The van der Waals surface area contributed by atoms with Crippen molar-refractivity contribution in [3.8, 4) is 5.75 Å². The average molecular weight is 527 g/mol. The maximum atomic E-state index is 10.3. The van der Waals surface area contributed by atoms with Crippen LogP contribution >= 0.6 is 24.0 Å². The molecule has 7 heteroatoms. The highest BCUT2D eigenvalue weighted by atomic mass is 127. The van der Waals surface area contributed by atoms with Crippen LogP contribution in [-0.2, 0) is 17.7 Å². The maximum absolute atomic E-state index is 10.3. The van der Waals surface area contributed by atoms with Crippen LogP contribution < -0.4 is 15.4 Å². The zero-order valence-electron chi connectivity index (χ0n) is 18.1. The fourth-order valence-electron chi connectivity index (χ4n) is 2.84. The first-order valence-corrected chi connectivity index (χ1v) is 10.1. The van der Waals surface area contributed by atoms with E-state index in [1.807, 2.05) is 56.3 Å². The number of aliphatic hydroxyl groups excluding tert-OH is 1. The fourth-order valence-corrected chi connectivity index (χ4v) is 2.84. The van der Waals surface area contributed by atoms with Crippen molar-refractivity contribution in [2.75, 3.05) is 33.4 Å². The van der Waals surface area contributed by atoms with Gasteiger partial charge in [0, 0.05) is 32.2 Å². The van der Waals surface area contributed by atoms with Crippen LogP contribution in [0.1, 0.15) is 23.6 Å². The number of ether oxygens (including phenoxy) is 2. The lowest BCUT2D eigenvalue weighted by Crippen LogP contribution is -2.41. The van der Waals surface area contributed by atoms with E-state index in [0.29, 0.717) is 38.7 Å². The summed E-state index contributed by atoms with van der Waals surface area (Å²) in [5.41, 5.74) is 3.26. The third-order valence-electron chi connectivity index (χ3n) is 4.34. The van der Waals surface area contributed by atoms with Gasteiger partial charge < -0.3 is 25.2 Å². The minimum atomic E-state index is -0.492. The summed E-state index contributed by atoms with van der Waals surface area (Å²) in [7, 11) is 1.66. The number of hydrogen-bond acceptors (Lipinski definition) is 4. The van der Waals surface area contributed by atoms with Gasteiger partial charge in [0.15, 0.2) is 5.96 Å². The molecule has 0 spiro atoms. The maximum Gasteiger partial charge on any atom is 0.191 e. The Hall–Kier alpha value is -1.84. The Morgan fingerprint density at radius 3 is 2.57 bits per heavy atom. The van der Waals surface area contributed by atoms with E-state index in [-0.39, 0.29) is 24.0 Å². The average Bonchev–Trinajstić information content (AvgIpc) is 2.72. The van der Waals surface area contributed by atoms with Crippen LogP contribution in [0, 0.1) is 6.92 Å². The predicted octanol–water partition coefficient (Wildman–Crippen LogP) is 3.30. The number of aryl methyl sites for hydroxylation is 1. The van der Waals surface area contributed by atoms with E-state index in [9.17, 15) is 5.11 Å². The van der Waals surface area contributed by atoms with Crippen molar-refractivity contribution in [2.24, 2.45) is 4.99 Å². The lowest BCUT2D eigenvalue weighted by atomic mass is 10.1. The van der Waals surface area contributed by atoms with Gasteiger partial charge in [-0.05, 0) is 31.0 Å². The summed E-state index contributed by atoms with van der Waals surface area (Å²) in [6, 6.07) is 16.1. The minimum absolute atomic E-state index is 0. The van der Waals surface area contributed by atoms with Gasteiger partial charge in [-0.3, -0.25) is 0 Å². The Morgan fingerprint density at radius 2 is 1.87 bits per heavy atom. The third-order valence-corrected chi connectivity index (χ3v) is 4.34. The SMILES string of the molecule is CCNC(=NCc1ccc(C)cc1OCCOC)NCC(O)Cc1ccccc1.I. The van der Waals surface area contributed by atoms with Crippen molar-refractivity contribution in [1.29, 1.82) is 0 Å². The Kier molecular flexibility index (Phi) is 13.1. The van der Waals surface area contributed by atoms with Crippen molar-refractivity contribution in [3.05, 3.63) is 65.2 Å². The molecule has 0 bridgehead atoms. The molecule has 2 rings (SSSR count). The van der Waals surface area contributed by atoms with Gasteiger partial charge in [0.05, 0.1) is 19.3 Å². The Labute approximate surface area is 197 Å². The number of rotatable bonds is 11. The molecule has 0 fully saturated rings. The quantitative estimate of drug-likeness (QED) is 0.181. The van der Waals surface area contributed by atoms with Crippen molar-refractivity contribution >= 4 is 29.9 Å². The second-order valence-corrected chi connectivity index (χ2v) is 6.87. The van der Waals surface area contributed by atoms with Crippen LogP contribution in [0.25, 0.3) is 0 Å². The molecule has 0 saturated heterocycles. The zero-order valence-corrected chi connectivity index (χ0v) is 20.4. The molecule has 166 valence electrons. The third kappa shape index (κ3) is 9.77. The lowest BCUT2D eigenvalue weighted by Gasteiger charge is -2.16. The highest BCUT2D eigenvalue weighted by Crippen LogP contribution is 2.21. The molecular weight excluding hydrogens is 493 g/mol. The number of methoxy groups -OCH3 is 1. The van der Waals surface area contributed by atoms with Gasteiger partial charge in [-0.2, -0.15) is 0 Å². The molecule has 0 aliphatic carbocycles. The summed E-state index contributed by atoms with van der Waals surface area (Å²) in [6.45, 7) is 6.74. The van der Waals surface area contributed by atoms with Crippen LogP contribution in [0.5, 0.6) is 5.75 Å². The predicted molar refractivity (Wildman–Crippen MR) is 133 cm³/mol. The van der Waals surface area contributed by atoms with E-state index in [0.717, 1.165) is 29.0 Å². The molecule has 0 radical (unpaired) electrons. The molecule has 0 saturated carbocycles. The van der Waals surface area contributed by atoms with Crippen LogP contribution in [0.15, 0.2) is 53.5 Å². The number of aliphatic hydroxyl groups is 1. The van der Waals surface area contributed by atoms with E-state index >= 15 is 0 Å². The Morgan fingerprint density at radius 1 is 1.10 bits per heavy atom. The first kappa shape index (κ1) is 26.2. The molecule has 0 amide bonds. The highest BCUT2D eigenvalue weighted by Gasteiger charge is 2.08. The fraction of sp³-hybridized carbons (Fsp3) is 0.435.